The van der Waals surface area contributed by atoms with E-state index < -0.39 is 0 Å². The Kier molecular flexibility index (Phi) is 3.86. The maximum absolute atomic E-state index is 12.7. The van der Waals surface area contributed by atoms with Crippen molar-refractivity contribution in [1.29, 1.82) is 0 Å². The van der Waals surface area contributed by atoms with Gasteiger partial charge in [0, 0.05) is 17.5 Å². The molecule has 18 heavy (non-hydrogen) atoms. The van der Waals surface area contributed by atoms with Crippen LogP contribution in [0, 0.1) is 18.3 Å². The summed E-state index contributed by atoms with van der Waals surface area (Å²) in [6, 6.07) is 7.88. The molecule has 0 atom stereocenters. The summed E-state index contributed by atoms with van der Waals surface area (Å²) in [6.07, 6.45) is 4.12. The minimum Gasteiger partial charge on any atom is -0.329 e. The maximum Gasteiger partial charge on any atom is 0.170 e. The maximum atomic E-state index is 12.7. The molecule has 1 fully saturated rings. The van der Waals surface area contributed by atoms with Crippen LogP contribution in [0.25, 0.3) is 0 Å². The summed E-state index contributed by atoms with van der Waals surface area (Å²) in [7, 11) is 0. The lowest BCUT2D eigenvalue weighted by atomic mass is 9.67. The topological polar surface area (TPSA) is 43.1 Å². The molecular weight excluding hydrogens is 222 g/mol. The number of rotatable bonds is 3. The zero-order valence-electron chi connectivity index (χ0n) is 11.4. The monoisotopic (exact) mass is 245 g/mol. The first-order valence-corrected chi connectivity index (χ1v) is 6.89. The number of benzene rings is 1. The highest BCUT2D eigenvalue weighted by Crippen LogP contribution is 2.40. The van der Waals surface area contributed by atoms with Crippen molar-refractivity contribution in [3.63, 3.8) is 0 Å². The number of ketones is 1. The highest BCUT2D eigenvalue weighted by molar-refractivity contribution is 6.00. The van der Waals surface area contributed by atoms with Gasteiger partial charge in [0.1, 0.15) is 0 Å². The summed E-state index contributed by atoms with van der Waals surface area (Å²) >= 11 is 0. The summed E-state index contributed by atoms with van der Waals surface area (Å²) < 4.78 is 0. The standard InChI is InChI=1S/C16H23NO/c1-12-6-8-16(11-17,9-7-12)15(18)14-5-3-4-13(2)10-14/h3-5,10,12H,6-9,11,17H2,1-2H3. The molecule has 1 aromatic carbocycles. The molecule has 2 N–H and O–H groups in total. The van der Waals surface area contributed by atoms with E-state index in [0.717, 1.165) is 42.7 Å². The zero-order chi connectivity index (χ0) is 13.2. The number of carbonyl (C=O) groups is 1. The van der Waals surface area contributed by atoms with Crippen LogP contribution in [0.2, 0.25) is 0 Å². The smallest absolute Gasteiger partial charge is 0.170 e. The van der Waals surface area contributed by atoms with Crippen LogP contribution in [0.15, 0.2) is 24.3 Å². The Labute approximate surface area is 110 Å². The second-order valence-corrected chi connectivity index (χ2v) is 5.87. The van der Waals surface area contributed by atoms with Gasteiger partial charge in [0.05, 0.1) is 0 Å². The van der Waals surface area contributed by atoms with Gasteiger partial charge >= 0.3 is 0 Å². The van der Waals surface area contributed by atoms with Gasteiger partial charge in [0.2, 0.25) is 0 Å². The highest BCUT2D eigenvalue weighted by Gasteiger charge is 2.39. The van der Waals surface area contributed by atoms with Gasteiger partial charge in [-0.05, 0) is 44.6 Å². The van der Waals surface area contributed by atoms with Crippen LogP contribution in [0.3, 0.4) is 0 Å². The molecular formula is C16H23NO. The van der Waals surface area contributed by atoms with Crippen LogP contribution in [0.5, 0.6) is 0 Å². The summed E-state index contributed by atoms with van der Waals surface area (Å²) in [4.78, 5) is 12.7. The van der Waals surface area contributed by atoms with E-state index in [2.05, 4.69) is 6.92 Å². The fraction of sp³-hybridized carbons (Fsp3) is 0.562. The van der Waals surface area contributed by atoms with Gasteiger partial charge in [0.15, 0.2) is 5.78 Å². The molecule has 98 valence electrons. The molecule has 0 bridgehead atoms. The minimum absolute atomic E-state index is 0.251. The van der Waals surface area contributed by atoms with Crippen LogP contribution >= 0.6 is 0 Å². The number of hydrogen-bond donors (Lipinski definition) is 1. The van der Waals surface area contributed by atoms with Gasteiger partial charge in [-0.25, -0.2) is 0 Å². The molecule has 0 saturated heterocycles. The fourth-order valence-corrected chi connectivity index (χ4v) is 2.93. The Balaban J connectivity index is 2.25. The number of hydrogen-bond acceptors (Lipinski definition) is 2. The largest absolute Gasteiger partial charge is 0.329 e. The molecule has 1 aliphatic rings. The number of Topliss-reactive ketones (excluding diaryl/α,β-unsaturated/α-hetero) is 1. The SMILES string of the molecule is Cc1cccc(C(=O)C2(CN)CCC(C)CC2)c1. The summed E-state index contributed by atoms with van der Waals surface area (Å²) in [6.45, 7) is 4.76. The Hall–Kier alpha value is -1.15. The van der Waals surface area contributed by atoms with Crippen molar-refractivity contribution in [2.45, 2.75) is 39.5 Å². The molecule has 1 aromatic rings. The summed E-state index contributed by atoms with van der Waals surface area (Å²) in [5.74, 6) is 0.982. The summed E-state index contributed by atoms with van der Waals surface area (Å²) in [5.41, 5.74) is 7.60. The third-order valence-electron chi connectivity index (χ3n) is 4.38. The molecule has 0 radical (unpaired) electrons. The second-order valence-electron chi connectivity index (χ2n) is 5.87. The Morgan fingerprint density at radius 1 is 1.39 bits per heavy atom. The van der Waals surface area contributed by atoms with Crippen molar-refractivity contribution >= 4 is 5.78 Å². The molecule has 2 rings (SSSR count). The third kappa shape index (κ3) is 2.49. The molecule has 0 aromatic heterocycles. The quantitative estimate of drug-likeness (QED) is 0.830. The first-order valence-electron chi connectivity index (χ1n) is 6.89. The molecule has 1 aliphatic carbocycles. The molecule has 2 heteroatoms. The molecule has 0 amide bonds. The van der Waals surface area contributed by atoms with Crippen molar-refractivity contribution in [3.8, 4) is 0 Å². The first kappa shape index (κ1) is 13.3. The van der Waals surface area contributed by atoms with E-state index in [4.69, 9.17) is 5.73 Å². The molecule has 1 saturated carbocycles. The highest BCUT2D eigenvalue weighted by atomic mass is 16.1. The van der Waals surface area contributed by atoms with Crippen LogP contribution in [-0.4, -0.2) is 12.3 Å². The predicted octanol–water partition coefficient (Wildman–Crippen LogP) is 3.33. The Morgan fingerprint density at radius 2 is 2.06 bits per heavy atom. The van der Waals surface area contributed by atoms with E-state index in [-0.39, 0.29) is 11.2 Å². The van der Waals surface area contributed by atoms with E-state index in [1.54, 1.807) is 0 Å². The van der Waals surface area contributed by atoms with Crippen molar-refractivity contribution in [3.05, 3.63) is 35.4 Å². The molecule has 0 aliphatic heterocycles. The normalized spacial score (nSPS) is 28.1. The van der Waals surface area contributed by atoms with Gasteiger partial charge < -0.3 is 5.73 Å². The number of nitrogens with two attached hydrogens (primary N) is 1. The van der Waals surface area contributed by atoms with Gasteiger partial charge in [-0.2, -0.15) is 0 Å². The third-order valence-corrected chi connectivity index (χ3v) is 4.38. The van der Waals surface area contributed by atoms with Crippen molar-refractivity contribution < 1.29 is 4.79 Å². The van der Waals surface area contributed by atoms with Crippen molar-refractivity contribution in [2.75, 3.05) is 6.54 Å². The first-order chi connectivity index (χ1) is 8.57. The second kappa shape index (κ2) is 5.23. The van der Waals surface area contributed by atoms with Crippen molar-refractivity contribution in [2.24, 2.45) is 17.1 Å². The summed E-state index contributed by atoms with van der Waals surface area (Å²) in [5, 5.41) is 0. The van der Waals surface area contributed by atoms with Gasteiger partial charge in [-0.3, -0.25) is 4.79 Å². The van der Waals surface area contributed by atoms with E-state index in [1.165, 1.54) is 0 Å². The van der Waals surface area contributed by atoms with Crippen LogP contribution in [0.4, 0.5) is 0 Å². The Morgan fingerprint density at radius 3 is 2.61 bits per heavy atom. The number of carbonyl (C=O) groups excluding carboxylic acids is 1. The van der Waals surface area contributed by atoms with E-state index in [0.29, 0.717) is 6.54 Å². The lowest BCUT2D eigenvalue weighted by Crippen LogP contribution is -2.41. The van der Waals surface area contributed by atoms with Crippen LogP contribution < -0.4 is 5.73 Å². The van der Waals surface area contributed by atoms with Crippen molar-refractivity contribution in [1.82, 2.24) is 0 Å². The van der Waals surface area contributed by atoms with E-state index in [9.17, 15) is 4.79 Å². The molecule has 0 heterocycles. The van der Waals surface area contributed by atoms with E-state index in [1.807, 2.05) is 31.2 Å². The lowest BCUT2D eigenvalue weighted by Gasteiger charge is -2.37. The average molecular weight is 245 g/mol. The fourth-order valence-electron chi connectivity index (χ4n) is 2.93. The Bertz CT molecular complexity index is 430. The minimum atomic E-state index is -0.305. The van der Waals surface area contributed by atoms with Gasteiger partial charge in [0.25, 0.3) is 0 Å². The average Bonchev–Trinajstić information content (AvgIpc) is 2.39. The van der Waals surface area contributed by atoms with E-state index >= 15 is 0 Å². The lowest BCUT2D eigenvalue weighted by molar-refractivity contribution is 0.0695. The van der Waals surface area contributed by atoms with Gasteiger partial charge in [-0.1, -0.05) is 30.7 Å². The van der Waals surface area contributed by atoms with Crippen LogP contribution in [-0.2, 0) is 0 Å². The van der Waals surface area contributed by atoms with Crippen LogP contribution in [0.1, 0.15) is 48.5 Å². The number of aryl methyl sites for hydroxylation is 1. The molecule has 0 spiro atoms. The zero-order valence-corrected chi connectivity index (χ0v) is 11.4. The molecule has 0 unspecified atom stereocenters. The van der Waals surface area contributed by atoms with Gasteiger partial charge in [-0.15, -0.1) is 0 Å². The predicted molar refractivity (Wildman–Crippen MR) is 74.6 cm³/mol. The molecule has 2 nitrogen and oxygen atoms in total.